The van der Waals surface area contributed by atoms with Gasteiger partial charge in [-0.15, -0.1) is 11.3 Å². The number of hydrogen-bond acceptors (Lipinski definition) is 2. The number of furan rings is 1. The molecule has 1 aliphatic rings. The number of hydrogen-bond donors (Lipinski definition) is 0. The molecule has 0 saturated carbocycles. The molecule has 7 heterocycles. The molecule has 0 spiro atoms. The van der Waals surface area contributed by atoms with E-state index >= 15 is 0 Å². The van der Waals surface area contributed by atoms with Crippen LogP contribution in [0.5, 0.6) is 0 Å². The number of rotatable bonds is 5. The Balaban J connectivity index is 0.0000000896. The first-order chi connectivity index (χ1) is 71.2. The fourth-order valence-electron chi connectivity index (χ4n) is 24.8. The summed E-state index contributed by atoms with van der Waals surface area (Å²) in [5.41, 5.74) is 25.7. The van der Waals surface area contributed by atoms with Crippen LogP contribution < -0.4 is 0 Å². The van der Waals surface area contributed by atoms with Gasteiger partial charge in [-0.05, 0) is 267 Å². The van der Waals surface area contributed by atoms with Crippen LogP contribution in [0.1, 0.15) is 25.0 Å². The molecule has 0 saturated heterocycles. The lowest BCUT2D eigenvalue weighted by atomic mass is 9.80. The quantitative estimate of drug-likeness (QED) is 0.125. The molecule has 0 amide bonds. The Hall–Kier alpha value is -18.4. The molecule has 7 heteroatoms. The lowest BCUT2D eigenvalue weighted by Gasteiger charge is -2.23. The summed E-state index contributed by atoms with van der Waals surface area (Å²) < 4.78 is 21.3. The second-order valence-corrected chi connectivity index (χ2v) is 40.3. The second-order valence-electron chi connectivity index (χ2n) is 39.2. The summed E-state index contributed by atoms with van der Waals surface area (Å²) in [6.45, 7) is 4.79. The first-order valence-corrected chi connectivity index (χ1v) is 50.6. The van der Waals surface area contributed by atoms with Crippen LogP contribution in [0.2, 0.25) is 0 Å². The lowest BCUT2D eigenvalue weighted by molar-refractivity contribution is 0.667. The third-order valence-electron chi connectivity index (χ3n) is 31.1. The standard InChI is InChI=1S/C38H24N2.C35H25N.C32H19NO.C32H19NS/c1-3-13-25(14-4-1)39-34-22-12-11-19-29(34)32-23-36-33(24-35(32)39)37-30-20-9-7-17-27(30)28-18-8-10-21-31(28)38(37)40(36)26-15-5-2-6-16-26;1-35(2)30-20-29-32(21-28(30)27-18-16-23-11-7-9-15-26(23)34(27)35)36(24-12-4-3-5-13-24)31-19-17-22-10-6-8-14-25(22)33(29)31;1-2-10-24(11-3-1)33-29-13-7-6-12-25(29)26-19-32-28(18-30(26)33)27-16-22-14-20-8-4-5-9-21(20)15-23(22)17-31(27)34-32;1-2-9-21(10-3-1)33-28-17-16-23-22-11-5-4-8-20(22)14-15-25(23)32(28)27-19-31-26(18-29(27)33)24-12-6-7-13-30(24)34-31/h1-24H;3-21H,1-2H3;2*1-19H. The Bertz CT molecular complexity index is 11000. The average Bonchev–Trinajstić information content (AvgIpc) is 1.50. The Labute approximate surface area is 831 Å². The molecule has 0 bridgehead atoms. The molecule has 0 aliphatic heterocycles. The number of fused-ring (bicyclic) bond motifs is 39. The first kappa shape index (κ1) is 81.6. The van der Waals surface area contributed by atoms with Crippen LogP contribution in [-0.4, -0.2) is 22.8 Å². The molecule has 0 unspecified atom stereocenters. The highest BCUT2D eigenvalue weighted by Gasteiger charge is 2.39. The fraction of sp³-hybridized carbons (Fsp3) is 0.0219. The lowest BCUT2D eigenvalue weighted by Crippen LogP contribution is -2.15. The van der Waals surface area contributed by atoms with Gasteiger partial charge in [0.2, 0.25) is 0 Å². The van der Waals surface area contributed by atoms with E-state index in [1.54, 1.807) is 0 Å². The minimum Gasteiger partial charge on any atom is -0.456 e. The predicted octanol–water partition coefficient (Wildman–Crippen LogP) is 38.0. The zero-order chi connectivity index (χ0) is 94.7. The number of nitrogens with zero attached hydrogens (tertiary/aromatic N) is 5. The van der Waals surface area contributed by atoms with Crippen LogP contribution in [0, 0.1) is 0 Å². The van der Waals surface area contributed by atoms with Crippen molar-refractivity contribution in [2.45, 2.75) is 19.3 Å². The number of aromatic nitrogens is 5. The largest absolute Gasteiger partial charge is 0.456 e. The maximum Gasteiger partial charge on any atom is 0.136 e. The maximum absolute atomic E-state index is 6.44. The van der Waals surface area contributed by atoms with Gasteiger partial charge >= 0.3 is 0 Å². The van der Waals surface area contributed by atoms with Gasteiger partial charge in [0.1, 0.15) is 11.2 Å². The van der Waals surface area contributed by atoms with Crippen LogP contribution >= 0.6 is 11.3 Å². The highest BCUT2D eigenvalue weighted by atomic mass is 32.1. The van der Waals surface area contributed by atoms with Crippen LogP contribution in [0.4, 0.5) is 0 Å². The summed E-state index contributed by atoms with van der Waals surface area (Å²) in [6, 6.07) is 179. The summed E-state index contributed by atoms with van der Waals surface area (Å²) in [7, 11) is 0. The highest BCUT2D eigenvalue weighted by molar-refractivity contribution is 7.26. The summed E-state index contributed by atoms with van der Waals surface area (Å²) in [5, 5.41) is 38.4. The summed E-state index contributed by atoms with van der Waals surface area (Å²) in [6.07, 6.45) is 0. The van der Waals surface area contributed by atoms with Crippen molar-refractivity contribution in [1.82, 2.24) is 22.8 Å². The van der Waals surface area contributed by atoms with E-state index in [1.807, 2.05) is 11.3 Å². The van der Waals surface area contributed by atoms with Gasteiger partial charge in [0.15, 0.2) is 0 Å². The molecule has 0 fully saturated rings. The van der Waals surface area contributed by atoms with Gasteiger partial charge in [-0.3, -0.25) is 0 Å². The zero-order valence-electron chi connectivity index (χ0n) is 78.8. The van der Waals surface area contributed by atoms with Crippen molar-refractivity contribution in [3.05, 3.63) is 503 Å². The minimum atomic E-state index is -0.0779. The molecule has 6 nitrogen and oxygen atoms in total. The van der Waals surface area contributed by atoms with Gasteiger partial charge in [-0.2, -0.15) is 0 Å². The van der Waals surface area contributed by atoms with E-state index in [0.29, 0.717) is 0 Å². The van der Waals surface area contributed by atoms with Crippen molar-refractivity contribution < 1.29 is 4.42 Å². The molecule has 25 aromatic carbocycles. The second kappa shape index (κ2) is 31.8. The molecule has 672 valence electrons. The topological polar surface area (TPSA) is 37.8 Å². The van der Waals surface area contributed by atoms with E-state index in [0.717, 1.165) is 27.6 Å². The molecule has 144 heavy (non-hydrogen) atoms. The van der Waals surface area contributed by atoms with Crippen LogP contribution in [0.3, 0.4) is 0 Å². The van der Waals surface area contributed by atoms with E-state index in [9.17, 15) is 0 Å². The Kier molecular flexibility index (Phi) is 18.0. The zero-order valence-corrected chi connectivity index (χ0v) is 79.6. The third-order valence-corrected chi connectivity index (χ3v) is 32.2. The van der Waals surface area contributed by atoms with E-state index in [1.165, 1.54) is 260 Å². The molecule has 33 rings (SSSR count). The molecule has 1 aliphatic carbocycles. The SMILES string of the molecule is CC1(C)c2cc3c4c5ccccc5ccc4n(-c4ccccc4)c3cc2-c2ccc3ccccc3c21.c1ccc(-n2c3cc4c(cc3c3c5ccc6ccccc6c5ccc32)sc2ccccc24)cc1.c1ccc(-n2c3ccccc3c3cc4c(cc32)c2c3ccccc3c3ccccc3c2n4-c2ccccc2)cc1.c1ccc(-n2c3ccccc3c3cc4oc5cc6cc7ccccc7cc6cc5c4cc32)cc1. The molecule has 32 aromatic rings. The third kappa shape index (κ3) is 12.3. The molecule has 0 atom stereocenters. The number of thiophene rings is 1. The first-order valence-electron chi connectivity index (χ1n) is 49.7. The van der Waals surface area contributed by atoms with E-state index < -0.39 is 0 Å². The van der Waals surface area contributed by atoms with Gasteiger partial charge in [-0.25, -0.2) is 0 Å². The average molecular weight is 1850 g/mol. The predicted molar refractivity (Wildman–Crippen MR) is 615 cm³/mol. The van der Waals surface area contributed by atoms with Gasteiger partial charge in [0, 0.05) is 124 Å². The summed E-state index contributed by atoms with van der Waals surface area (Å²) >= 11 is 1.89. The van der Waals surface area contributed by atoms with Crippen molar-refractivity contribution in [2.75, 3.05) is 0 Å². The minimum absolute atomic E-state index is 0.0779. The van der Waals surface area contributed by atoms with Gasteiger partial charge in [0.05, 0.1) is 55.2 Å². The van der Waals surface area contributed by atoms with Crippen LogP contribution in [-0.2, 0) is 5.41 Å². The summed E-state index contributed by atoms with van der Waals surface area (Å²) in [5.74, 6) is 0. The monoisotopic (exact) mass is 1850 g/mol. The van der Waals surface area contributed by atoms with Crippen LogP contribution in [0.15, 0.2) is 496 Å². The smallest absolute Gasteiger partial charge is 0.136 e. The molecular formula is C137H87N5OS. The van der Waals surface area contributed by atoms with Gasteiger partial charge < -0.3 is 27.3 Å². The van der Waals surface area contributed by atoms with E-state index in [4.69, 9.17) is 4.42 Å². The molecule has 0 radical (unpaired) electrons. The van der Waals surface area contributed by atoms with Crippen molar-refractivity contribution >= 4 is 249 Å². The van der Waals surface area contributed by atoms with Crippen molar-refractivity contribution in [1.29, 1.82) is 0 Å². The number of para-hydroxylation sites is 7. The normalized spacial score (nSPS) is 12.6. The van der Waals surface area contributed by atoms with E-state index in [-0.39, 0.29) is 5.41 Å². The maximum atomic E-state index is 6.44. The van der Waals surface area contributed by atoms with Gasteiger partial charge in [0.25, 0.3) is 0 Å². The molecular weight excluding hydrogens is 1760 g/mol. The Morgan fingerprint density at radius 1 is 0.181 bits per heavy atom. The molecule has 0 N–H and O–H groups in total. The van der Waals surface area contributed by atoms with Crippen LogP contribution in [0.25, 0.3) is 277 Å². The van der Waals surface area contributed by atoms with E-state index in [2.05, 4.69) is 528 Å². The fourth-order valence-corrected chi connectivity index (χ4v) is 25.9. The van der Waals surface area contributed by atoms with Crippen molar-refractivity contribution in [3.8, 4) is 39.6 Å². The Morgan fingerprint density at radius 2 is 0.549 bits per heavy atom. The van der Waals surface area contributed by atoms with Gasteiger partial charge in [-0.1, -0.05) is 341 Å². The molecule has 7 aromatic heterocycles. The Morgan fingerprint density at radius 3 is 1.17 bits per heavy atom. The summed E-state index contributed by atoms with van der Waals surface area (Å²) in [4.78, 5) is 0. The highest BCUT2D eigenvalue weighted by Crippen LogP contribution is 2.56. The number of benzene rings is 25. The van der Waals surface area contributed by atoms with Crippen molar-refractivity contribution in [3.63, 3.8) is 0 Å². The van der Waals surface area contributed by atoms with Crippen molar-refractivity contribution in [2.24, 2.45) is 0 Å².